The molecule has 2 fully saturated rings. The number of methoxy groups -OCH3 is 1. The lowest BCUT2D eigenvalue weighted by molar-refractivity contribution is -0.137. The minimum absolute atomic E-state index is 0.0857. The van der Waals surface area contributed by atoms with Gasteiger partial charge in [0.2, 0.25) is 5.75 Å². The Morgan fingerprint density at radius 1 is 1.00 bits per heavy atom. The number of phenolic OH excluding ortho intramolecular Hbond substituents is 2. The van der Waals surface area contributed by atoms with Gasteiger partial charge < -0.3 is 29.5 Å². The number of likely N-dealkylation sites (tertiary alicyclic amines) is 1. The summed E-state index contributed by atoms with van der Waals surface area (Å²) in [7, 11) is 1.40. The van der Waals surface area contributed by atoms with Crippen molar-refractivity contribution in [1.82, 2.24) is 9.88 Å². The van der Waals surface area contributed by atoms with E-state index in [-0.39, 0.29) is 28.9 Å². The summed E-state index contributed by atoms with van der Waals surface area (Å²) in [6, 6.07) is 12.2. The number of ether oxygens (including phenoxy) is 2. The van der Waals surface area contributed by atoms with Crippen LogP contribution in [0.5, 0.6) is 17.2 Å². The van der Waals surface area contributed by atoms with Crippen LogP contribution in [0.1, 0.15) is 57.6 Å². The van der Waals surface area contributed by atoms with Gasteiger partial charge >= 0.3 is 6.18 Å². The molecule has 1 saturated heterocycles. The average molecular weight is 598 g/mol. The normalized spacial score (nSPS) is 15.8. The van der Waals surface area contributed by atoms with Crippen molar-refractivity contribution in [3.05, 3.63) is 77.3 Å². The van der Waals surface area contributed by atoms with Crippen LogP contribution in [-0.4, -0.2) is 51.9 Å². The van der Waals surface area contributed by atoms with Gasteiger partial charge in [-0.15, -0.1) is 0 Å². The summed E-state index contributed by atoms with van der Waals surface area (Å²) in [5.41, 5.74) is 3.09. The maximum absolute atomic E-state index is 13.4. The number of hydrogen-bond acceptors (Lipinski definition) is 7. The van der Waals surface area contributed by atoms with E-state index < -0.39 is 11.7 Å². The first kappa shape index (κ1) is 30.4. The molecule has 0 unspecified atom stereocenters. The summed E-state index contributed by atoms with van der Waals surface area (Å²) < 4.78 is 51.6. The quantitative estimate of drug-likeness (QED) is 0.206. The maximum Gasteiger partial charge on any atom is 0.416 e. The Bertz CT molecular complexity index is 1470. The van der Waals surface area contributed by atoms with Crippen LogP contribution < -0.4 is 9.64 Å². The molecule has 0 radical (unpaired) electrons. The highest BCUT2D eigenvalue weighted by Crippen LogP contribution is 2.40. The van der Waals surface area contributed by atoms with E-state index in [1.165, 1.54) is 18.7 Å². The maximum atomic E-state index is 13.4. The monoisotopic (exact) mass is 597 g/mol. The topological polar surface area (TPSA) is 78.3 Å². The number of alkyl halides is 3. The number of rotatable bonds is 8. The van der Waals surface area contributed by atoms with Crippen molar-refractivity contribution in [3.8, 4) is 28.5 Å². The summed E-state index contributed by atoms with van der Waals surface area (Å²) in [5.74, 6) is 0.431. The van der Waals surface area contributed by atoms with Crippen molar-refractivity contribution in [2.45, 2.75) is 70.8 Å². The smallest absolute Gasteiger partial charge is 0.416 e. The number of aromatic nitrogens is 1. The second-order valence-electron chi connectivity index (χ2n) is 12.1. The predicted octanol–water partition coefficient (Wildman–Crippen LogP) is 7.48. The highest BCUT2D eigenvalue weighted by Gasteiger charge is 2.33. The Morgan fingerprint density at radius 2 is 1.67 bits per heavy atom. The number of allylic oxidation sites excluding steroid dienone is 1. The van der Waals surface area contributed by atoms with Crippen molar-refractivity contribution >= 4 is 5.69 Å². The summed E-state index contributed by atoms with van der Waals surface area (Å²) in [6.07, 6.45) is 0.979. The summed E-state index contributed by atoms with van der Waals surface area (Å²) in [4.78, 5) is 8.93. The average Bonchev–Trinajstić information content (AvgIpc) is 3.81. The molecule has 2 aliphatic rings. The third-order valence-corrected chi connectivity index (χ3v) is 7.67. The Morgan fingerprint density at radius 3 is 2.26 bits per heavy atom. The van der Waals surface area contributed by atoms with E-state index in [0.717, 1.165) is 62.4 Å². The van der Waals surface area contributed by atoms with E-state index in [4.69, 9.17) is 9.47 Å². The van der Waals surface area contributed by atoms with E-state index in [1.54, 1.807) is 24.4 Å². The van der Waals surface area contributed by atoms with Gasteiger partial charge in [0, 0.05) is 43.1 Å². The zero-order chi connectivity index (χ0) is 30.9. The van der Waals surface area contributed by atoms with Crippen LogP contribution in [0, 0.1) is 0 Å². The van der Waals surface area contributed by atoms with Crippen LogP contribution >= 0.6 is 0 Å². The van der Waals surface area contributed by atoms with Crippen molar-refractivity contribution < 1.29 is 32.9 Å². The molecule has 230 valence electrons. The van der Waals surface area contributed by atoms with Gasteiger partial charge in [-0.25, -0.2) is 0 Å². The van der Waals surface area contributed by atoms with Gasteiger partial charge in [-0.3, -0.25) is 4.98 Å². The molecular weight excluding hydrogens is 559 g/mol. The molecular formula is C33H38F3N3O4. The van der Waals surface area contributed by atoms with E-state index in [1.807, 2.05) is 32.9 Å². The number of pyridine rings is 1. The third-order valence-electron chi connectivity index (χ3n) is 7.67. The molecule has 0 atom stereocenters. The number of benzene rings is 2. The lowest BCUT2D eigenvalue weighted by Gasteiger charge is -2.42. The van der Waals surface area contributed by atoms with Crippen molar-refractivity contribution in [1.29, 1.82) is 0 Å². The summed E-state index contributed by atoms with van der Waals surface area (Å²) in [5, 5.41) is 20.2. The fourth-order valence-corrected chi connectivity index (χ4v) is 5.40. The third kappa shape index (κ3) is 7.29. The number of piperidine rings is 1. The molecule has 1 aliphatic heterocycles. The first-order valence-electron chi connectivity index (χ1n) is 14.5. The molecule has 1 aromatic heterocycles. The Balaban J connectivity index is 1.41. The van der Waals surface area contributed by atoms with E-state index in [9.17, 15) is 23.4 Å². The van der Waals surface area contributed by atoms with Gasteiger partial charge in [0.25, 0.3) is 0 Å². The molecule has 2 heterocycles. The molecule has 3 aromatic rings. The number of nitrogens with zero attached hydrogens (tertiary/aromatic N) is 3. The second-order valence-corrected chi connectivity index (χ2v) is 12.1. The lowest BCUT2D eigenvalue weighted by atomic mass is 10.00. The fraction of sp³-hybridized carbons (Fsp3) is 0.424. The molecule has 0 bridgehead atoms. The number of phenols is 2. The summed E-state index contributed by atoms with van der Waals surface area (Å²) in [6.45, 7) is 8.16. The van der Waals surface area contributed by atoms with Crippen LogP contribution in [0.3, 0.4) is 0 Å². The largest absolute Gasteiger partial charge is 0.504 e. The molecule has 10 heteroatoms. The first-order valence-corrected chi connectivity index (χ1v) is 14.5. The van der Waals surface area contributed by atoms with Crippen molar-refractivity contribution in [3.63, 3.8) is 0 Å². The van der Waals surface area contributed by atoms with E-state index in [0.29, 0.717) is 23.5 Å². The van der Waals surface area contributed by atoms with Gasteiger partial charge in [0.1, 0.15) is 5.60 Å². The standard InChI is InChI=1S/C33H38F3N3O4/c1-32(2,3)43-31(22-5-6-22)38-15-12-26(13-16-38)39(25-9-7-24(8-10-25)33(34,35)36)20-21-11-14-37-27(17-21)23-18-28(40)30(41)29(19-23)42-4/h7-11,14,17-19,26,40-41H,5-6,12-13,15-16,20H2,1-4H3. The fourth-order valence-electron chi connectivity index (χ4n) is 5.40. The second kappa shape index (κ2) is 11.9. The zero-order valence-corrected chi connectivity index (χ0v) is 24.9. The number of aromatic hydroxyl groups is 2. The van der Waals surface area contributed by atoms with Crippen LogP contribution in [0.4, 0.5) is 18.9 Å². The number of halogens is 3. The highest BCUT2D eigenvalue weighted by atomic mass is 19.4. The van der Waals surface area contributed by atoms with Crippen LogP contribution in [-0.2, 0) is 17.5 Å². The zero-order valence-electron chi connectivity index (χ0n) is 24.9. The minimum Gasteiger partial charge on any atom is -0.504 e. The Hall–Kier alpha value is -4.08. The highest BCUT2D eigenvalue weighted by molar-refractivity contribution is 5.68. The molecule has 1 aliphatic carbocycles. The Labute approximate surface area is 250 Å². The SMILES string of the molecule is COc1cc(-c2cc(CN(c3ccc(C(F)(F)F)cc3)C3CCN(C(OC(C)(C)C)=C4CC4)CC3)ccn2)cc(O)c1O. The number of hydrogen-bond donors (Lipinski definition) is 2. The van der Waals surface area contributed by atoms with Crippen LogP contribution in [0.15, 0.2) is 66.2 Å². The molecule has 2 N–H and O–H groups in total. The Kier molecular flexibility index (Phi) is 8.40. The molecule has 7 nitrogen and oxygen atoms in total. The summed E-state index contributed by atoms with van der Waals surface area (Å²) >= 11 is 0. The van der Waals surface area contributed by atoms with Gasteiger partial charge in [-0.1, -0.05) is 0 Å². The molecule has 2 aromatic carbocycles. The molecule has 43 heavy (non-hydrogen) atoms. The van der Waals surface area contributed by atoms with Crippen LogP contribution in [0.2, 0.25) is 0 Å². The van der Waals surface area contributed by atoms with Crippen molar-refractivity contribution in [2.75, 3.05) is 25.1 Å². The minimum atomic E-state index is -4.41. The van der Waals surface area contributed by atoms with Gasteiger partial charge in [0.05, 0.1) is 18.4 Å². The van der Waals surface area contributed by atoms with E-state index >= 15 is 0 Å². The molecule has 5 rings (SSSR count). The van der Waals surface area contributed by atoms with E-state index in [2.05, 4.69) is 14.8 Å². The lowest BCUT2D eigenvalue weighted by Crippen LogP contribution is -2.45. The van der Waals surface area contributed by atoms with Crippen LogP contribution in [0.25, 0.3) is 11.3 Å². The number of anilines is 1. The van der Waals surface area contributed by atoms with Gasteiger partial charge in [0.15, 0.2) is 17.4 Å². The van der Waals surface area contributed by atoms with Gasteiger partial charge in [-0.2, -0.15) is 13.2 Å². The molecule has 0 spiro atoms. The predicted molar refractivity (Wildman–Crippen MR) is 159 cm³/mol. The molecule has 1 saturated carbocycles. The molecule has 0 amide bonds. The first-order chi connectivity index (χ1) is 20.3. The van der Waals surface area contributed by atoms with Crippen molar-refractivity contribution in [2.24, 2.45) is 0 Å². The van der Waals surface area contributed by atoms with Gasteiger partial charge in [-0.05, 0) is 106 Å².